The summed E-state index contributed by atoms with van der Waals surface area (Å²) in [5.74, 6) is -0.818. The molecule has 0 unspecified atom stereocenters. The van der Waals surface area contributed by atoms with Crippen LogP contribution < -0.4 is 0 Å². The zero-order chi connectivity index (χ0) is 15.3. The Bertz CT molecular complexity index is 309. The van der Waals surface area contributed by atoms with Gasteiger partial charge in [-0.05, 0) is 13.8 Å². The van der Waals surface area contributed by atoms with Gasteiger partial charge in [0.15, 0.2) is 0 Å². The lowest BCUT2D eigenvalue weighted by Crippen LogP contribution is -2.09. The standard InChI is InChI=1S/C7H12O3.C6H10O3.CH4/c1-6(2)7(8)10-5-4-9-3;1-5(2)6(8)9-4-3-7;/h1,4-5H2,2-3H3;7H,1,3-4H2,2H3;1H4. The molecule has 118 valence electrons. The van der Waals surface area contributed by atoms with Crippen molar-refractivity contribution in [1.29, 1.82) is 0 Å². The van der Waals surface area contributed by atoms with E-state index in [0.29, 0.717) is 24.4 Å². The van der Waals surface area contributed by atoms with Crippen LogP contribution in [0.15, 0.2) is 24.3 Å². The molecule has 0 amide bonds. The van der Waals surface area contributed by atoms with Crippen molar-refractivity contribution in [2.24, 2.45) is 0 Å². The molecule has 0 aliphatic heterocycles. The predicted molar refractivity (Wildman–Crippen MR) is 77.2 cm³/mol. The maximum Gasteiger partial charge on any atom is 0.333 e. The van der Waals surface area contributed by atoms with Gasteiger partial charge < -0.3 is 19.3 Å². The van der Waals surface area contributed by atoms with Crippen LogP contribution in [0.4, 0.5) is 0 Å². The van der Waals surface area contributed by atoms with Crippen LogP contribution in [0.5, 0.6) is 0 Å². The normalized spacial score (nSPS) is 8.40. The molecule has 0 saturated carbocycles. The van der Waals surface area contributed by atoms with Gasteiger partial charge >= 0.3 is 11.9 Å². The SMILES string of the molecule is C.C=C(C)C(=O)OCCO.C=C(C)C(=O)OCCOC. The van der Waals surface area contributed by atoms with Gasteiger partial charge in [0.25, 0.3) is 0 Å². The van der Waals surface area contributed by atoms with Gasteiger partial charge in [0.2, 0.25) is 0 Å². The Hall–Kier alpha value is -1.66. The van der Waals surface area contributed by atoms with Crippen molar-refractivity contribution in [2.45, 2.75) is 21.3 Å². The molecular weight excluding hydrogens is 264 g/mol. The molecule has 20 heavy (non-hydrogen) atoms. The highest BCUT2D eigenvalue weighted by molar-refractivity contribution is 5.87. The van der Waals surface area contributed by atoms with Gasteiger partial charge in [-0.15, -0.1) is 0 Å². The van der Waals surface area contributed by atoms with E-state index in [9.17, 15) is 9.59 Å². The topological polar surface area (TPSA) is 82.1 Å². The molecule has 0 fully saturated rings. The number of ether oxygens (including phenoxy) is 3. The number of aliphatic hydroxyl groups is 1. The van der Waals surface area contributed by atoms with Crippen molar-refractivity contribution in [3.8, 4) is 0 Å². The summed E-state index contributed by atoms with van der Waals surface area (Å²) >= 11 is 0. The predicted octanol–water partition coefficient (Wildman–Crippen LogP) is 1.49. The Morgan fingerprint density at radius 1 is 0.950 bits per heavy atom. The number of esters is 2. The average molecular weight is 290 g/mol. The number of aliphatic hydroxyl groups excluding tert-OH is 1. The fourth-order valence-corrected chi connectivity index (χ4v) is 0.602. The van der Waals surface area contributed by atoms with Gasteiger partial charge in [0.1, 0.15) is 13.2 Å². The summed E-state index contributed by atoms with van der Waals surface area (Å²) in [6.07, 6.45) is 0. The Kier molecular flexibility index (Phi) is 18.0. The van der Waals surface area contributed by atoms with E-state index in [1.54, 1.807) is 21.0 Å². The molecule has 0 aromatic rings. The Labute approximate surface area is 121 Å². The summed E-state index contributed by atoms with van der Waals surface area (Å²) < 4.78 is 13.8. The summed E-state index contributed by atoms with van der Waals surface area (Å²) in [4.78, 5) is 21.1. The van der Waals surface area contributed by atoms with Crippen molar-refractivity contribution in [1.82, 2.24) is 0 Å². The summed E-state index contributed by atoms with van der Waals surface area (Å²) in [5, 5.41) is 8.19. The van der Waals surface area contributed by atoms with Gasteiger partial charge in [0, 0.05) is 18.3 Å². The Balaban J connectivity index is -0.000000277. The first kappa shape index (κ1) is 23.4. The number of hydrogen-bond donors (Lipinski definition) is 1. The van der Waals surface area contributed by atoms with Gasteiger partial charge in [-0.3, -0.25) is 0 Å². The van der Waals surface area contributed by atoms with Gasteiger partial charge in [0.05, 0.1) is 13.2 Å². The Morgan fingerprint density at radius 2 is 1.35 bits per heavy atom. The molecular formula is C14H26O6. The average Bonchev–Trinajstić information content (AvgIpc) is 2.36. The second kappa shape index (κ2) is 15.4. The second-order valence-electron chi connectivity index (χ2n) is 3.55. The summed E-state index contributed by atoms with van der Waals surface area (Å²) in [7, 11) is 1.55. The third kappa shape index (κ3) is 16.3. The summed E-state index contributed by atoms with van der Waals surface area (Å²) in [6.45, 7) is 10.6. The lowest BCUT2D eigenvalue weighted by atomic mass is 10.4. The van der Waals surface area contributed by atoms with Crippen LogP contribution >= 0.6 is 0 Å². The van der Waals surface area contributed by atoms with E-state index in [-0.39, 0.29) is 26.6 Å². The zero-order valence-corrected chi connectivity index (χ0v) is 11.7. The minimum Gasteiger partial charge on any atom is -0.460 e. The van der Waals surface area contributed by atoms with E-state index in [1.807, 2.05) is 0 Å². The van der Waals surface area contributed by atoms with E-state index < -0.39 is 5.97 Å². The number of carbonyl (C=O) groups is 2. The van der Waals surface area contributed by atoms with E-state index in [0.717, 1.165) is 0 Å². The van der Waals surface area contributed by atoms with E-state index in [4.69, 9.17) is 5.11 Å². The molecule has 0 bridgehead atoms. The number of carbonyl (C=O) groups excluding carboxylic acids is 2. The van der Waals surface area contributed by atoms with Crippen LogP contribution in [0.1, 0.15) is 21.3 Å². The number of hydrogen-bond acceptors (Lipinski definition) is 6. The van der Waals surface area contributed by atoms with E-state index in [1.165, 1.54) is 0 Å². The van der Waals surface area contributed by atoms with Gasteiger partial charge in [-0.25, -0.2) is 9.59 Å². The number of rotatable bonds is 7. The molecule has 0 atom stereocenters. The highest BCUT2D eigenvalue weighted by Gasteiger charge is 2.00. The molecule has 0 radical (unpaired) electrons. The molecule has 6 nitrogen and oxygen atoms in total. The monoisotopic (exact) mass is 290 g/mol. The maximum absolute atomic E-state index is 10.6. The summed E-state index contributed by atoms with van der Waals surface area (Å²) in [5.41, 5.74) is 0.763. The fraction of sp³-hybridized carbons (Fsp3) is 0.571. The van der Waals surface area contributed by atoms with Crippen LogP contribution in [-0.4, -0.2) is 50.6 Å². The largest absolute Gasteiger partial charge is 0.460 e. The third-order valence-corrected chi connectivity index (χ3v) is 1.54. The van der Waals surface area contributed by atoms with Crippen LogP contribution in [0.3, 0.4) is 0 Å². The molecule has 0 aromatic heterocycles. The van der Waals surface area contributed by atoms with E-state index in [2.05, 4.69) is 27.4 Å². The lowest BCUT2D eigenvalue weighted by molar-refractivity contribution is -0.140. The summed E-state index contributed by atoms with van der Waals surface area (Å²) in [6, 6.07) is 0. The van der Waals surface area contributed by atoms with Crippen molar-refractivity contribution in [2.75, 3.05) is 33.5 Å². The zero-order valence-electron chi connectivity index (χ0n) is 11.7. The first-order chi connectivity index (χ1) is 8.86. The van der Waals surface area contributed by atoms with Crippen LogP contribution in [-0.2, 0) is 23.8 Å². The molecule has 0 aliphatic rings. The first-order valence-electron chi connectivity index (χ1n) is 5.61. The molecule has 0 saturated heterocycles. The van der Waals surface area contributed by atoms with Crippen molar-refractivity contribution in [3.05, 3.63) is 24.3 Å². The van der Waals surface area contributed by atoms with Crippen molar-refractivity contribution < 1.29 is 28.9 Å². The quantitative estimate of drug-likeness (QED) is 0.434. The molecule has 6 heteroatoms. The number of methoxy groups -OCH3 is 1. The fourth-order valence-electron chi connectivity index (χ4n) is 0.602. The minimum atomic E-state index is -0.455. The van der Waals surface area contributed by atoms with Gasteiger partial charge in [-0.2, -0.15) is 0 Å². The molecule has 0 rings (SSSR count). The lowest BCUT2D eigenvalue weighted by Gasteiger charge is -2.01. The molecule has 0 spiro atoms. The van der Waals surface area contributed by atoms with Crippen LogP contribution in [0.2, 0.25) is 0 Å². The highest BCUT2D eigenvalue weighted by Crippen LogP contribution is 1.91. The smallest absolute Gasteiger partial charge is 0.333 e. The van der Waals surface area contributed by atoms with Gasteiger partial charge in [-0.1, -0.05) is 20.6 Å². The minimum absolute atomic E-state index is 0. The molecule has 0 heterocycles. The maximum atomic E-state index is 10.6. The third-order valence-electron chi connectivity index (χ3n) is 1.54. The molecule has 1 N–H and O–H groups in total. The van der Waals surface area contributed by atoms with E-state index >= 15 is 0 Å². The Morgan fingerprint density at radius 3 is 1.65 bits per heavy atom. The van der Waals surface area contributed by atoms with Crippen LogP contribution in [0.25, 0.3) is 0 Å². The first-order valence-corrected chi connectivity index (χ1v) is 5.61. The highest BCUT2D eigenvalue weighted by atomic mass is 16.6. The van der Waals surface area contributed by atoms with Crippen molar-refractivity contribution >= 4 is 11.9 Å². The van der Waals surface area contributed by atoms with Crippen molar-refractivity contribution in [3.63, 3.8) is 0 Å². The second-order valence-corrected chi connectivity index (χ2v) is 3.55. The molecule has 0 aromatic carbocycles. The molecule has 0 aliphatic carbocycles. The van der Waals surface area contributed by atoms with Crippen LogP contribution in [0, 0.1) is 0 Å².